The molecule has 0 atom stereocenters. The third-order valence-corrected chi connectivity index (χ3v) is 6.32. The van der Waals surface area contributed by atoms with Gasteiger partial charge in [-0.15, -0.1) is 0 Å². The molecule has 1 heterocycles. The smallest absolute Gasteiger partial charge is 0.255 e. The summed E-state index contributed by atoms with van der Waals surface area (Å²) in [5.74, 6) is 0.347. The largest absolute Gasteiger partial charge is 0.324 e. The van der Waals surface area contributed by atoms with Gasteiger partial charge in [0.1, 0.15) is 0 Å². The quantitative estimate of drug-likeness (QED) is 0.248. The molecule has 1 aromatic heterocycles. The van der Waals surface area contributed by atoms with Gasteiger partial charge in [-0.3, -0.25) is 4.79 Å². The van der Waals surface area contributed by atoms with Crippen LogP contribution < -0.4 is 10.6 Å². The monoisotopic (exact) mass is 522 g/mol. The van der Waals surface area contributed by atoms with Crippen LogP contribution in [0.1, 0.15) is 21.5 Å². The van der Waals surface area contributed by atoms with E-state index in [0.717, 1.165) is 49.1 Å². The van der Waals surface area contributed by atoms with Crippen molar-refractivity contribution in [2.45, 2.75) is 13.8 Å². The molecule has 5 rings (SSSR count). The Hall–Kier alpha value is -4.03. The van der Waals surface area contributed by atoms with Crippen molar-refractivity contribution in [1.29, 1.82) is 0 Å². The number of anilines is 3. The van der Waals surface area contributed by atoms with Gasteiger partial charge in [0, 0.05) is 32.4 Å². The van der Waals surface area contributed by atoms with Crippen LogP contribution in [0, 0.1) is 13.8 Å². The number of hydrogen-bond donors (Lipinski definition) is 2. The topological polar surface area (TPSA) is 66.9 Å². The third-order valence-electron chi connectivity index (χ3n) is 5.83. The molecule has 0 aliphatic heterocycles. The lowest BCUT2D eigenvalue weighted by molar-refractivity contribution is 0.102. The normalized spacial score (nSPS) is 10.8. The van der Waals surface area contributed by atoms with Gasteiger partial charge in [0.2, 0.25) is 5.95 Å². The molecular formula is C29H23BrN4O. The Bertz CT molecular complexity index is 1510. The Morgan fingerprint density at radius 1 is 0.800 bits per heavy atom. The fourth-order valence-corrected chi connectivity index (χ4v) is 4.37. The number of aromatic nitrogens is 2. The maximum atomic E-state index is 12.8. The zero-order valence-corrected chi connectivity index (χ0v) is 20.9. The van der Waals surface area contributed by atoms with E-state index in [0.29, 0.717) is 11.5 Å². The molecule has 0 aliphatic carbocycles. The number of carbonyl (C=O) groups excluding carboxylic acids is 1. The summed E-state index contributed by atoms with van der Waals surface area (Å²) in [6.45, 7) is 3.98. The summed E-state index contributed by atoms with van der Waals surface area (Å²) in [5, 5.41) is 7.28. The van der Waals surface area contributed by atoms with Crippen molar-refractivity contribution in [2.24, 2.45) is 0 Å². The SMILES string of the molecule is Cc1cccc(C)c1NC(=O)c1ccc(Nc2nc(-c3ccccc3)c3cc(Br)ccc3n2)cc1. The lowest BCUT2D eigenvalue weighted by Crippen LogP contribution is -2.13. The van der Waals surface area contributed by atoms with Gasteiger partial charge in [0.05, 0.1) is 11.2 Å². The zero-order chi connectivity index (χ0) is 24.4. The molecule has 0 saturated heterocycles. The van der Waals surface area contributed by atoms with E-state index in [1.807, 2.05) is 92.7 Å². The Kier molecular flexibility index (Phi) is 6.29. The summed E-state index contributed by atoms with van der Waals surface area (Å²) < 4.78 is 0.973. The summed E-state index contributed by atoms with van der Waals surface area (Å²) in [4.78, 5) is 22.3. The highest BCUT2D eigenvalue weighted by atomic mass is 79.9. The van der Waals surface area contributed by atoms with Crippen LogP contribution >= 0.6 is 15.9 Å². The summed E-state index contributed by atoms with van der Waals surface area (Å²) in [7, 11) is 0. The molecule has 35 heavy (non-hydrogen) atoms. The van der Waals surface area contributed by atoms with Crippen LogP contribution in [-0.4, -0.2) is 15.9 Å². The third kappa shape index (κ3) is 4.93. The van der Waals surface area contributed by atoms with Crippen LogP contribution in [0.4, 0.5) is 17.3 Å². The van der Waals surface area contributed by atoms with Crippen LogP contribution in [0.5, 0.6) is 0 Å². The lowest BCUT2D eigenvalue weighted by atomic mass is 10.1. The first-order valence-electron chi connectivity index (χ1n) is 11.3. The second-order valence-electron chi connectivity index (χ2n) is 8.35. The molecule has 5 aromatic rings. The number of aryl methyl sites for hydroxylation is 2. The molecule has 0 spiro atoms. The number of amides is 1. The highest BCUT2D eigenvalue weighted by Crippen LogP contribution is 2.30. The highest BCUT2D eigenvalue weighted by molar-refractivity contribution is 9.10. The number of nitrogens with one attached hydrogen (secondary N) is 2. The predicted molar refractivity (Wildman–Crippen MR) is 146 cm³/mol. The zero-order valence-electron chi connectivity index (χ0n) is 19.3. The maximum absolute atomic E-state index is 12.8. The average Bonchev–Trinajstić information content (AvgIpc) is 2.87. The first kappa shape index (κ1) is 22.7. The number of benzene rings is 4. The van der Waals surface area contributed by atoms with E-state index < -0.39 is 0 Å². The van der Waals surface area contributed by atoms with Crippen LogP contribution in [0.2, 0.25) is 0 Å². The van der Waals surface area contributed by atoms with Crippen LogP contribution in [0.25, 0.3) is 22.2 Å². The Balaban J connectivity index is 1.41. The first-order chi connectivity index (χ1) is 17.0. The van der Waals surface area contributed by atoms with Crippen molar-refractivity contribution >= 4 is 50.1 Å². The molecule has 0 aliphatic rings. The molecule has 0 fully saturated rings. The molecule has 0 radical (unpaired) electrons. The number of carbonyl (C=O) groups is 1. The fraction of sp³-hybridized carbons (Fsp3) is 0.0690. The van der Waals surface area contributed by atoms with E-state index in [4.69, 9.17) is 9.97 Å². The number of rotatable bonds is 5. The minimum atomic E-state index is -0.146. The van der Waals surface area contributed by atoms with Crippen molar-refractivity contribution < 1.29 is 4.79 Å². The molecule has 1 amide bonds. The number of fused-ring (bicyclic) bond motifs is 1. The molecule has 0 bridgehead atoms. The maximum Gasteiger partial charge on any atom is 0.255 e. The second kappa shape index (κ2) is 9.68. The van der Waals surface area contributed by atoms with Crippen molar-refractivity contribution in [3.05, 3.63) is 112 Å². The van der Waals surface area contributed by atoms with E-state index in [2.05, 4.69) is 26.6 Å². The molecule has 0 saturated carbocycles. The molecular weight excluding hydrogens is 500 g/mol. The Morgan fingerprint density at radius 3 is 2.23 bits per heavy atom. The van der Waals surface area contributed by atoms with E-state index >= 15 is 0 Å². The van der Waals surface area contributed by atoms with Gasteiger partial charge in [0.15, 0.2) is 0 Å². The average molecular weight is 523 g/mol. The summed E-state index contributed by atoms with van der Waals surface area (Å²) >= 11 is 3.55. The predicted octanol–water partition coefficient (Wildman–Crippen LogP) is 7.67. The molecule has 172 valence electrons. The van der Waals surface area contributed by atoms with Crippen molar-refractivity contribution in [2.75, 3.05) is 10.6 Å². The minimum Gasteiger partial charge on any atom is -0.324 e. The Morgan fingerprint density at radius 2 is 1.51 bits per heavy atom. The van der Waals surface area contributed by atoms with Crippen LogP contribution in [0.3, 0.4) is 0 Å². The summed E-state index contributed by atoms with van der Waals surface area (Å²) in [6, 6.07) is 29.3. The second-order valence-corrected chi connectivity index (χ2v) is 9.26. The fourth-order valence-electron chi connectivity index (χ4n) is 4.00. The van der Waals surface area contributed by atoms with Crippen LogP contribution in [-0.2, 0) is 0 Å². The Labute approximate surface area is 212 Å². The number of hydrogen-bond acceptors (Lipinski definition) is 4. The molecule has 0 unspecified atom stereocenters. The molecule has 5 nitrogen and oxygen atoms in total. The van der Waals surface area contributed by atoms with Crippen LogP contribution in [0.15, 0.2) is 95.5 Å². The van der Waals surface area contributed by atoms with Gasteiger partial charge < -0.3 is 10.6 Å². The summed E-state index contributed by atoms with van der Waals surface area (Å²) in [5.41, 5.74) is 7.00. The van der Waals surface area contributed by atoms with E-state index in [1.165, 1.54) is 0 Å². The van der Waals surface area contributed by atoms with E-state index in [1.54, 1.807) is 12.1 Å². The number of halogens is 1. The molecule has 4 aromatic carbocycles. The van der Waals surface area contributed by atoms with Crippen molar-refractivity contribution in [3.63, 3.8) is 0 Å². The van der Waals surface area contributed by atoms with Crippen molar-refractivity contribution in [3.8, 4) is 11.3 Å². The number of para-hydroxylation sites is 1. The standard InChI is InChI=1S/C29H23BrN4O/c1-18-7-6-8-19(2)26(18)33-28(35)21-11-14-23(15-12-21)31-29-32-25-16-13-22(30)17-24(25)27(34-29)20-9-4-3-5-10-20/h3-17H,1-2H3,(H,33,35)(H,31,32,34). The van der Waals surface area contributed by atoms with Gasteiger partial charge >= 0.3 is 0 Å². The van der Waals surface area contributed by atoms with Gasteiger partial charge in [0.25, 0.3) is 5.91 Å². The van der Waals surface area contributed by atoms with Gasteiger partial charge in [-0.25, -0.2) is 9.97 Å². The minimum absolute atomic E-state index is 0.146. The van der Waals surface area contributed by atoms with E-state index in [-0.39, 0.29) is 5.91 Å². The summed E-state index contributed by atoms with van der Waals surface area (Å²) in [6.07, 6.45) is 0. The van der Waals surface area contributed by atoms with Gasteiger partial charge in [-0.2, -0.15) is 0 Å². The number of nitrogens with zero attached hydrogens (tertiary/aromatic N) is 2. The van der Waals surface area contributed by atoms with Crippen molar-refractivity contribution in [1.82, 2.24) is 9.97 Å². The molecule has 6 heteroatoms. The molecule has 2 N–H and O–H groups in total. The van der Waals surface area contributed by atoms with E-state index in [9.17, 15) is 4.79 Å². The lowest BCUT2D eigenvalue weighted by Gasteiger charge is -2.13. The van der Waals surface area contributed by atoms with Gasteiger partial charge in [-0.05, 0) is 67.4 Å². The van der Waals surface area contributed by atoms with Gasteiger partial charge in [-0.1, -0.05) is 64.5 Å². The first-order valence-corrected chi connectivity index (χ1v) is 12.0. The highest BCUT2D eigenvalue weighted by Gasteiger charge is 2.12.